The van der Waals surface area contributed by atoms with E-state index in [0.717, 1.165) is 12.1 Å². The normalized spacial score (nSPS) is 11.2. The van der Waals surface area contributed by atoms with Crippen molar-refractivity contribution >= 4 is 21.9 Å². The SMILES string of the molecule is CCNS(=O)(=O)Nc1ccc(C(=O)O)c(F)c1. The van der Waals surface area contributed by atoms with E-state index in [1.54, 1.807) is 6.92 Å². The van der Waals surface area contributed by atoms with E-state index in [-0.39, 0.29) is 12.2 Å². The van der Waals surface area contributed by atoms with Gasteiger partial charge >= 0.3 is 5.97 Å². The first-order chi connectivity index (χ1) is 7.85. The molecule has 94 valence electrons. The molecule has 0 atom stereocenters. The van der Waals surface area contributed by atoms with E-state index >= 15 is 0 Å². The average Bonchev–Trinajstić information content (AvgIpc) is 2.15. The molecule has 0 aliphatic carbocycles. The van der Waals surface area contributed by atoms with Crippen molar-refractivity contribution in [3.63, 3.8) is 0 Å². The Labute approximate surface area is 97.6 Å². The summed E-state index contributed by atoms with van der Waals surface area (Å²) in [6.45, 7) is 1.78. The molecule has 3 N–H and O–H groups in total. The van der Waals surface area contributed by atoms with Crippen molar-refractivity contribution < 1.29 is 22.7 Å². The van der Waals surface area contributed by atoms with Crippen LogP contribution in [0.2, 0.25) is 0 Å². The van der Waals surface area contributed by atoms with E-state index in [1.807, 2.05) is 0 Å². The molecule has 0 saturated carbocycles. The first-order valence-electron chi connectivity index (χ1n) is 4.66. The van der Waals surface area contributed by atoms with Crippen LogP contribution in [0.1, 0.15) is 17.3 Å². The number of carboxylic acid groups (broad SMARTS) is 1. The van der Waals surface area contributed by atoms with E-state index in [9.17, 15) is 17.6 Å². The van der Waals surface area contributed by atoms with E-state index in [2.05, 4.69) is 9.44 Å². The third-order valence-electron chi connectivity index (χ3n) is 1.79. The van der Waals surface area contributed by atoms with Gasteiger partial charge in [-0.3, -0.25) is 4.72 Å². The molecular weight excluding hydrogens is 251 g/mol. The second kappa shape index (κ2) is 5.11. The predicted molar refractivity (Wildman–Crippen MR) is 59.6 cm³/mol. The maximum absolute atomic E-state index is 13.2. The minimum atomic E-state index is -3.75. The Morgan fingerprint density at radius 2 is 2.12 bits per heavy atom. The average molecular weight is 262 g/mol. The molecule has 0 amide bonds. The molecule has 0 aliphatic rings. The lowest BCUT2D eigenvalue weighted by Crippen LogP contribution is -2.29. The molecule has 1 rings (SSSR count). The van der Waals surface area contributed by atoms with Crippen LogP contribution in [0.15, 0.2) is 18.2 Å². The summed E-state index contributed by atoms with van der Waals surface area (Å²) in [6.07, 6.45) is 0. The Balaban J connectivity index is 2.96. The van der Waals surface area contributed by atoms with Crippen LogP contribution in [0, 0.1) is 5.82 Å². The van der Waals surface area contributed by atoms with E-state index in [1.165, 1.54) is 6.07 Å². The lowest BCUT2D eigenvalue weighted by Gasteiger charge is -2.08. The molecule has 0 spiro atoms. The summed E-state index contributed by atoms with van der Waals surface area (Å²) >= 11 is 0. The van der Waals surface area contributed by atoms with Gasteiger partial charge in [0.05, 0.1) is 11.3 Å². The third-order valence-corrected chi connectivity index (χ3v) is 2.96. The summed E-state index contributed by atoms with van der Waals surface area (Å²) in [4.78, 5) is 10.5. The number of benzene rings is 1. The number of rotatable bonds is 5. The lowest BCUT2D eigenvalue weighted by molar-refractivity contribution is 0.0692. The highest BCUT2D eigenvalue weighted by atomic mass is 32.2. The fourth-order valence-corrected chi connectivity index (χ4v) is 2.02. The molecule has 0 bridgehead atoms. The van der Waals surface area contributed by atoms with Crippen LogP contribution in [-0.4, -0.2) is 26.0 Å². The van der Waals surface area contributed by atoms with Crippen molar-refractivity contribution in [1.29, 1.82) is 0 Å². The fourth-order valence-electron chi connectivity index (χ4n) is 1.13. The van der Waals surface area contributed by atoms with Crippen LogP contribution < -0.4 is 9.44 Å². The van der Waals surface area contributed by atoms with Crippen molar-refractivity contribution in [1.82, 2.24) is 4.72 Å². The van der Waals surface area contributed by atoms with Crippen LogP contribution in [0.5, 0.6) is 0 Å². The van der Waals surface area contributed by atoms with Gasteiger partial charge in [0.25, 0.3) is 10.2 Å². The highest BCUT2D eigenvalue weighted by Gasteiger charge is 2.13. The molecule has 1 aromatic rings. The number of hydrogen-bond donors (Lipinski definition) is 3. The summed E-state index contributed by atoms with van der Waals surface area (Å²) in [5.41, 5.74) is -0.565. The molecule has 0 heterocycles. The van der Waals surface area contributed by atoms with Crippen molar-refractivity contribution in [3.05, 3.63) is 29.6 Å². The number of aromatic carboxylic acids is 1. The zero-order valence-electron chi connectivity index (χ0n) is 8.90. The molecule has 0 unspecified atom stereocenters. The molecule has 0 fully saturated rings. The Kier molecular flexibility index (Phi) is 4.02. The van der Waals surface area contributed by atoms with Gasteiger partial charge in [0.1, 0.15) is 5.82 Å². The van der Waals surface area contributed by atoms with Crippen molar-refractivity contribution in [2.45, 2.75) is 6.92 Å². The predicted octanol–water partition coefficient (Wildman–Crippen LogP) is 0.790. The van der Waals surface area contributed by atoms with Gasteiger partial charge in [-0.2, -0.15) is 13.1 Å². The van der Waals surface area contributed by atoms with Gasteiger partial charge in [0.15, 0.2) is 0 Å². The van der Waals surface area contributed by atoms with Crippen LogP contribution >= 0.6 is 0 Å². The number of halogens is 1. The largest absolute Gasteiger partial charge is 0.478 e. The van der Waals surface area contributed by atoms with Gasteiger partial charge in [0, 0.05) is 6.54 Å². The topological polar surface area (TPSA) is 95.5 Å². The quantitative estimate of drug-likeness (QED) is 0.731. The molecule has 0 radical (unpaired) electrons. The minimum Gasteiger partial charge on any atom is -0.478 e. The molecule has 0 aromatic heterocycles. The van der Waals surface area contributed by atoms with E-state index in [0.29, 0.717) is 0 Å². The minimum absolute atomic E-state index is 0.0477. The molecule has 0 saturated heterocycles. The summed E-state index contributed by atoms with van der Waals surface area (Å²) in [7, 11) is -3.75. The highest BCUT2D eigenvalue weighted by molar-refractivity contribution is 7.90. The molecular formula is C9H11FN2O4S. The van der Waals surface area contributed by atoms with Crippen LogP contribution in [0.3, 0.4) is 0 Å². The second-order valence-electron chi connectivity index (χ2n) is 3.10. The molecule has 6 nitrogen and oxygen atoms in total. The zero-order valence-corrected chi connectivity index (χ0v) is 9.71. The van der Waals surface area contributed by atoms with Gasteiger partial charge in [0.2, 0.25) is 0 Å². The van der Waals surface area contributed by atoms with Crippen molar-refractivity contribution in [3.8, 4) is 0 Å². The molecule has 0 aliphatic heterocycles. The maximum atomic E-state index is 13.2. The van der Waals surface area contributed by atoms with Crippen molar-refractivity contribution in [2.24, 2.45) is 0 Å². The van der Waals surface area contributed by atoms with Gasteiger partial charge in [-0.25, -0.2) is 9.18 Å². The Morgan fingerprint density at radius 3 is 2.59 bits per heavy atom. The van der Waals surface area contributed by atoms with Gasteiger partial charge in [-0.05, 0) is 18.2 Å². The zero-order chi connectivity index (χ0) is 13.1. The number of carbonyl (C=O) groups is 1. The molecule has 8 heteroatoms. The Hall–Kier alpha value is -1.67. The monoisotopic (exact) mass is 262 g/mol. The fraction of sp³-hybridized carbons (Fsp3) is 0.222. The van der Waals surface area contributed by atoms with E-state index < -0.39 is 27.6 Å². The van der Waals surface area contributed by atoms with E-state index in [4.69, 9.17) is 5.11 Å². The summed E-state index contributed by atoms with van der Waals surface area (Å²) in [5.74, 6) is -2.42. The number of nitrogens with one attached hydrogen (secondary N) is 2. The number of hydrogen-bond acceptors (Lipinski definition) is 3. The highest BCUT2D eigenvalue weighted by Crippen LogP contribution is 2.15. The first kappa shape index (κ1) is 13.4. The van der Waals surface area contributed by atoms with Gasteiger partial charge < -0.3 is 5.11 Å². The molecule has 1 aromatic carbocycles. The third kappa shape index (κ3) is 3.68. The maximum Gasteiger partial charge on any atom is 0.338 e. The standard InChI is InChI=1S/C9H11FN2O4S/c1-2-11-17(15,16)12-6-3-4-7(9(13)14)8(10)5-6/h3-5,11-12H,2H2,1H3,(H,13,14). The molecule has 17 heavy (non-hydrogen) atoms. The van der Waals surface area contributed by atoms with Crippen molar-refractivity contribution in [2.75, 3.05) is 11.3 Å². The lowest BCUT2D eigenvalue weighted by atomic mass is 10.2. The summed E-state index contributed by atoms with van der Waals surface area (Å²) in [5, 5.41) is 8.58. The summed E-state index contributed by atoms with van der Waals surface area (Å²) < 4.78 is 40.0. The number of anilines is 1. The smallest absolute Gasteiger partial charge is 0.338 e. The van der Waals surface area contributed by atoms with Gasteiger partial charge in [-0.15, -0.1) is 0 Å². The second-order valence-corrected chi connectivity index (χ2v) is 4.60. The van der Waals surface area contributed by atoms with Crippen LogP contribution in [0.4, 0.5) is 10.1 Å². The number of carboxylic acids is 1. The Bertz CT molecular complexity index is 530. The summed E-state index contributed by atoms with van der Waals surface area (Å²) in [6, 6.07) is 2.96. The van der Waals surface area contributed by atoms with Gasteiger partial charge in [-0.1, -0.05) is 6.92 Å². The Morgan fingerprint density at radius 1 is 1.47 bits per heavy atom. The van der Waals surface area contributed by atoms with Crippen LogP contribution in [-0.2, 0) is 10.2 Å². The van der Waals surface area contributed by atoms with Crippen LogP contribution in [0.25, 0.3) is 0 Å². The first-order valence-corrected chi connectivity index (χ1v) is 6.14.